The summed E-state index contributed by atoms with van der Waals surface area (Å²) in [6.07, 6.45) is 10.8. The average molecular weight is 209 g/mol. The zero-order valence-corrected chi connectivity index (χ0v) is 9.18. The predicted octanol–water partition coefficient (Wildman–Crippen LogP) is 2.98. The average Bonchev–Trinajstić information content (AvgIpc) is 2.81. The highest BCUT2D eigenvalue weighted by atomic mass is 16.1. The van der Waals surface area contributed by atoms with E-state index in [4.69, 9.17) is 0 Å². The van der Waals surface area contributed by atoms with Gasteiger partial charge in [0, 0.05) is 0 Å². The van der Waals surface area contributed by atoms with Crippen molar-refractivity contribution in [1.29, 1.82) is 0 Å². The summed E-state index contributed by atoms with van der Waals surface area (Å²) in [5.41, 5.74) is 2.27. The maximum absolute atomic E-state index is 11.7. The summed E-state index contributed by atoms with van der Waals surface area (Å²) in [5, 5.41) is 0. The molecule has 0 atom stereocenters. The van der Waals surface area contributed by atoms with Crippen molar-refractivity contribution < 1.29 is 4.79 Å². The van der Waals surface area contributed by atoms with Gasteiger partial charge in [-0.3, -0.25) is 4.79 Å². The van der Waals surface area contributed by atoms with Gasteiger partial charge in [0.05, 0.1) is 5.92 Å². The van der Waals surface area contributed by atoms with Gasteiger partial charge in [0.1, 0.15) is 0 Å². The lowest BCUT2D eigenvalue weighted by atomic mass is 10.0. The molecular formula is C15H13O. The van der Waals surface area contributed by atoms with E-state index < -0.39 is 0 Å². The van der Waals surface area contributed by atoms with Crippen molar-refractivity contribution >= 4 is 11.9 Å². The highest BCUT2D eigenvalue weighted by Crippen LogP contribution is 2.24. The molecule has 0 saturated heterocycles. The molecule has 1 aliphatic carbocycles. The van der Waals surface area contributed by atoms with Crippen LogP contribution in [0.5, 0.6) is 0 Å². The van der Waals surface area contributed by atoms with Gasteiger partial charge in [-0.15, -0.1) is 0 Å². The van der Waals surface area contributed by atoms with E-state index in [1.807, 2.05) is 62.9 Å². The van der Waals surface area contributed by atoms with Crippen molar-refractivity contribution in [2.75, 3.05) is 0 Å². The van der Waals surface area contributed by atoms with Crippen LogP contribution < -0.4 is 0 Å². The molecule has 0 unspecified atom stereocenters. The summed E-state index contributed by atoms with van der Waals surface area (Å²) in [6, 6.07) is 8.08. The summed E-state index contributed by atoms with van der Waals surface area (Å²) >= 11 is 0. The summed E-state index contributed by atoms with van der Waals surface area (Å²) in [6.45, 7) is 2.04. The Kier molecular flexibility index (Phi) is 3.55. The highest BCUT2D eigenvalue weighted by molar-refractivity contribution is 6.07. The zero-order valence-electron chi connectivity index (χ0n) is 9.18. The summed E-state index contributed by atoms with van der Waals surface area (Å²) in [7, 11) is 0. The molecule has 2 rings (SSSR count). The van der Waals surface area contributed by atoms with E-state index in [1.165, 1.54) is 5.56 Å². The number of carbonyl (C=O) groups excluding carboxylic acids is 1. The van der Waals surface area contributed by atoms with Crippen molar-refractivity contribution in [1.82, 2.24) is 0 Å². The Morgan fingerprint density at radius 2 is 1.69 bits per heavy atom. The van der Waals surface area contributed by atoms with Crippen LogP contribution in [-0.4, -0.2) is 5.78 Å². The van der Waals surface area contributed by atoms with E-state index in [0.717, 1.165) is 11.5 Å². The van der Waals surface area contributed by atoms with Crippen molar-refractivity contribution in [2.45, 2.75) is 6.92 Å². The number of hydrogen-bond acceptors (Lipinski definition) is 1. The van der Waals surface area contributed by atoms with E-state index in [9.17, 15) is 4.79 Å². The minimum Gasteiger partial charge on any atom is -0.294 e. The second-order valence-electron chi connectivity index (χ2n) is 3.78. The second kappa shape index (κ2) is 5.11. The molecule has 16 heavy (non-hydrogen) atoms. The number of ketones is 1. The molecule has 1 aromatic rings. The molecule has 1 saturated carbocycles. The smallest absolute Gasteiger partial charge is 0.163 e. The van der Waals surface area contributed by atoms with Gasteiger partial charge in [-0.05, 0) is 44.2 Å². The SMILES string of the molecule is Cc1ccc(/C=C/C(=O)[C]2[CH][CH][CH][CH]2)cc1. The fourth-order valence-electron chi connectivity index (χ4n) is 1.48. The number of aryl methyl sites for hydroxylation is 1. The van der Waals surface area contributed by atoms with Crippen LogP contribution in [0, 0.1) is 38.5 Å². The van der Waals surface area contributed by atoms with Crippen LogP contribution >= 0.6 is 0 Å². The first-order valence-electron chi connectivity index (χ1n) is 5.26. The van der Waals surface area contributed by atoms with Gasteiger partial charge in [-0.25, -0.2) is 0 Å². The molecule has 1 nitrogen and oxygen atoms in total. The minimum absolute atomic E-state index is 0.0468. The fourth-order valence-corrected chi connectivity index (χ4v) is 1.48. The van der Waals surface area contributed by atoms with Gasteiger partial charge >= 0.3 is 0 Å². The first-order valence-corrected chi connectivity index (χ1v) is 5.26. The maximum Gasteiger partial charge on any atom is 0.163 e. The van der Waals surface area contributed by atoms with Crippen LogP contribution in [0.2, 0.25) is 0 Å². The molecule has 5 radical (unpaired) electrons. The Labute approximate surface area is 97.2 Å². The number of carbonyl (C=O) groups is 1. The summed E-state index contributed by atoms with van der Waals surface area (Å²) < 4.78 is 0. The van der Waals surface area contributed by atoms with Crippen LogP contribution in [0.15, 0.2) is 30.3 Å². The molecule has 1 heteroatoms. The fraction of sp³-hybridized carbons (Fsp3) is 0.0667. The van der Waals surface area contributed by atoms with Gasteiger partial charge in [0.25, 0.3) is 0 Å². The molecule has 0 aromatic heterocycles. The monoisotopic (exact) mass is 209 g/mol. The molecule has 0 bridgehead atoms. The quantitative estimate of drug-likeness (QED) is 0.699. The second-order valence-corrected chi connectivity index (χ2v) is 3.78. The predicted molar refractivity (Wildman–Crippen MR) is 65.7 cm³/mol. The standard InChI is InChI=1S/C15H13O/c1-12-6-8-13(9-7-12)10-11-15(16)14-4-2-3-5-14/h2-11H,1H3/b11-10+. The lowest BCUT2D eigenvalue weighted by Gasteiger charge is -2.00. The number of benzene rings is 1. The van der Waals surface area contributed by atoms with Gasteiger partial charge in [0.2, 0.25) is 0 Å². The molecular weight excluding hydrogens is 196 g/mol. The van der Waals surface area contributed by atoms with Gasteiger partial charge in [-0.1, -0.05) is 35.9 Å². The molecule has 1 aromatic carbocycles. The highest BCUT2D eigenvalue weighted by Gasteiger charge is 2.22. The Bertz CT molecular complexity index is 380. The molecule has 0 aliphatic heterocycles. The zero-order chi connectivity index (χ0) is 11.4. The maximum atomic E-state index is 11.7. The molecule has 0 spiro atoms. The lowest BCUT2D eigenvalue weighted by Crippen LogP contribution is -2.05. The Hall–Kier alpha value is -1.37. The first kappa shape index (κ1) is 11.1. The summed E-state index contributed by atoms with van der Waals surface area (Å²) in [5.74, 6) is 0.786. The van der Waals surface area contributed by atoms with Gasteiger partial charge in [-0.2, -0.15) is 0 Å². The molecule has 1 fully saturated rings. The van der Waals surface area contributed by atoms with Crippen LogP contribution in [-0.2, 0) is 4.79 Å². The van der Waals surface area contributed by atoms with Crippen molar-refractivity contribution in [2.24, 2.45) is 0 Å². The molecule has 0 N–H and O–H groups in total. The van der Waals surface area contributed by atoms with Crippen molar-refractivity contribution in [3.05, 3.63) is 73.1 Å². The minimum atomic E-state index is 0.0468. The first-order chi connectivity index (χ1) is 7.75. The van der Waals surface area contributed by atoms with Crippen molar-refractivity contribution in [3.63, 3.8) is 0 Å². The number of allylic oxidation sites excluding steroid dienone is 1. The third-order valence-corrected chi connectivity index (χ3v) is 2.45. The molecule has 0 heterocycles. The van der Waals surface area contributed by atoms with Crippen LogP contribution in [0.25, 0.3) is 6.08 Å². The van der Waals surface area contributed by atoms with E-state index in [2.05, 4.69) is 0 Å². The van der Waals surface area contributed by atoms with E-state index >= 15 is 0 Å². The summed E-state index contributed by atoms with van der Waals surface area (Å²) in [4.78, 5) is 11.7. The van der Waals surface area contributed by atoms with Crippen LogP contribution in [0.4, 0.5) is 0 Å². The lowest BCUT2D eigenvalue weighted by molar-refractivity contribution is -0.112. The number of rotatable bonds is 3. The normalized spacial score (nSPS) is 17.1. The Morgan fingerprint density at radius 3 is 2.31 bits per heavy atom. The van der Waals surface area contributed by atoms with Crippen LogP contribution in [0.1, 0.15) is 11.1 Å². The van der Waals surface area contributed by atoms with Gasteiger partial charge in [0.15, 0.2) is 5.78 Å². The topological polar surface area (TPSA) is 17.1 Å². The molecule has 1 aliphatic rings. The van der Waals surface area contributed by atoms with E-state index in [-0.39, 0.29) is 5.78 Å². The van der Waals surface area contributed by atoms with Crippen LogP contribution in [0.3, 0.4) is 0 Å². The van der Waals surface area contributed by atoms with E-state index in [1.54, 1.807) is 6.08 Å². The largest absolute Gasteiger partial charge is 0.294 e. The Morgan fingerprint density at radius 1 is 1.06 bits per heavy atom. The van der Waals surface area contributed by atoms with Crippen molar-refractivity contribution in [3.8, 4) is 0 Å². The Balaban J connectivity index is 1.97. The third-order valence-electron chi connectivity index (χ3n) is 2.45. The van der Waals surface area contributed by atoms with E-state index in [0.29, 0.717) is 0 Å². The number of hydrogen-bond donors (Lipinski definition) is 0. The van der Waals surface area contributed by atoms with Gasteiger partial charge < -0.3 is 0 Å². The molecule has 79 valence electrons. The molecule has 0 amide bonds. The third kappa shape index (κ3) is 2.82.